The number of H-pyrrole nitrogens is 1. The molecule has 4 aromatic rings. The summed E-state index contributed by atoms with van der Waals surface area (Å²) in [6.45, 7) is 1.89. The lowest BCUT2D eigenvalue weighted by molar-refractivity contribution is 0.0940. The van der Waals surface area contributed by atoms with Gasteiger partial charge < -0.3 is 10.3 Å². The molecule has 0 fully saturated rings. The summed E-state index contributed by atoms with van der Waals surface area (Å²) in [5.74, 6) is 0.231. The molecule has 0 radical (unpaired) electrons. The van der Waals surface area contributed by atoms with Crippen LogP contribution < -0.4 is 10.0 Å². The number of sulfonamides is 1. The van der Waals surface area contributed by atoms with Crippen molar-refractivity contribution in [1.29, 1.82) is 0 Å². The zero-order valence-electron chi connectivity index (χ0n) is 17.1. The molecule has 1 atom stereocenters. The van der Waals surface area contributed by atoms with Crippen LogP contribution in [0.1, 0.15) is 28.9 Å². The van der Waals surface area contributed by atoms with Crippen LogP contribution in [-0.2, 0) is 10.0 Å². The van der Waals surface area contributed by atoms with Gasteiger partial charge in [-0.25, -0.2) is 13.4 Å². The number of aromatic nitrogens is 2. The van der Waals surface area contributed by atoms with Crippen molar-refractivity contribution in [2.24, 2.45) is 0 Å². The molecule has 1 amide bonds. The van der Waals surface area contributed by atoms with Crippen molar-refractivity contribution >= 4 is 32.7 Å². The van der Waals surface area contributed by atoms with Crippen molar-refractivity contribution < 1.29 is 13.2 Å². The summed E-state index contributed by atoms with van der Waals surface area (Å²) in [4.78, 5) is 20.8. The molecule has 0 aliphatic carbocycles. The van der Waals surface area contributed by atoms with Crippen LogP contribution in [-0.4, -0.2) is 30.5 Å². The van der Waals surface area contributed by atoms with Crippen molar-refractivity contribution in [2.75, 3.05) is 11.0 Å². The van der Waals surface area contributed by atoms with Gasteiger partial charge in [0.25, 0.3) is 5.91 Å². The molecule has 0 aliphatic heterocycles. The monoisotopic (exact) mass is 434 g/mol. The third-order valence-corrected chi connectivity index (χ3v) is 5.41. The number of fused-ring (bicyclic) bond motifs is 1. The SMILES string of the molecule is C[C@H](NC(=O)c1cc(NS(C)(=O)=O)cc(-c2nc3ccccc3[nH]2)c1)c1ccccc1. The second-order valence-electron chi connectivity index (χ2n) is 7.38. The highest BCUT2D eigenvalue weighted by Crippen LogP contribution is 2.26. The number of nitrogens with zero attached hydrogens (tertiary/aromatic N) is 1. The van der Waals surface area contributed by atoms with Crippen molar-refractivity contribution in [1.82, 2.24) is 15.3 Å². The van der Waals surface area contributed by atoms with Crippen LogP contribution in [0.4, 0.5) is 5.69 Å². The lowest BCUT2D eigenvalue weighted by Crippen LogP contribution is -2.26. The van der Waals surface area contributed by atoms with E-state index >= 15 is 0 Å². The van der Waals surface area contributed by atoms with E-state index in [0.717, 1.165) is 22.9 Å². The normalized spacial score (nSPS) is 12.5. The Morgan fingerprint density at radius 3 is 2.42 bits per heavy atom. The molecule has 1 aromatic heterocycles. The quantitative estimate of drug-likeness (QED) is 0.425. The summed E-state index contributed by atoms with van der Waals surface area (Å²) < 4.78 is 26.1. The maximum Gasteiger partial charge on any atom is 0.251 e. The second-order valence-corrected chi connectivity index (χ2v) is 9.13. The summed E-state index contributed by atoms with van der Waals surface area (Å²) in [5.41, 5.74) is 3.82. The Balaban J connectivity index is 1.71. The predicted octanol–water partition coefficient (Wildman–Crippen LogP) is 4.09. The molecule has 0 aliphatic rings. The molecule has 3 N–H and O–H groups in total. The molecule has 3 aromatic carbocycles. The van der Waals surface area contributed by atoms with Gasteiger partial charge in [-0.15, -0.1) is 0 Å². The highest BCUT2D eigenvalue weighted by molar-refractivity contribution is 7.92. The topological polar surface area (TPSA) is 104 Å². The van der Waals surface area contributed by atoms with E-state index in [9.17, 15) is 13.2 Å². The number of amides is 1. The van der Waals surface area contributed by atoms with Crippen LogP contribution in [0.15, 0.2) is 72.8 Å². The molecular weight excluding hydrogens is 412 g/mol. The lowest BCUT2D eigenvalue weighted by Gasteiger charge is -2.15. The number of rotatable bonds is 6. The summed E-state index contributed by atoms with van der Waals surface area (Å²) in [6.07, 6.45) is 1.07. The molecule has 0 saturated heterocycles. The number of anilines is 1. The first-order valence-electron chi connectivity index (χ1n) is 9.72. The maximum atomic E-state index is 13.0. The van der Waals surface area contributed by atoms with Crippen LogP contribution in [0, 0.1) is 0 Å². The summed E-state index contributed by atoms with van der Waals surface area (Å²) >= 11 is 0. The number of nitrogens with one attached hydrogen (secondary N) is 3. The summed E-state index contributed by atoms with van der Waals surface area (Å²) in [5, 5.41) is 2.96. The summed E-state index contributed by atoms with van der Waals surface area (Å²) in [6, 6.07) is 21.8. The zero-order chi connectivity index (χ0) is 22.0. The Hall–Kier alpha value is -3.65. The van der Waals surface area contributed by atoms with E-state index in [4.69, 9.17) is 0 Å². The molecule has 0 spiro atoms. The molecule has 4 rings (SSSR count). The minimum absolute atomic E-state index is 0.213. The average Bonchev–Trinajstić information content (AvgIpc) is 3.17. The number of imidazole rings is 1. The van der Waals surface area contributed by atoms with E-state index in [-0.39, 0.29) is 17.6 Å². The van der Waals surface area contributed by atoms with Crippen LogP contribution in [0.2, 0.25) is 0 Å². The van der Waals surface area contributed by atoms with Gasteiger partial charge in [0, 0.05) is 16.8 Å². The zero-order valence-corrected chi connectivity index (χ0v) is 17.9. The van der Waals surface area contributed by atoms with Crippen LogP contribution in [0.3, 0.4) is 0 Å². The fourth-order valence-electron chi connectivity index (χ4n) is 3.36. The Bertz CT molecular complexity index is 1310. The molecule has 0 bridgehead atoms. The highest BCUT2D eigenvalue weighted by Gasteiger charge is 2.16. The number of hydrogen-bond donors (Lipinski definition) is 3. The lowest BCUT2D eigenvalue weighted by atomic mass is 10.1. The Kier molecular flexibility index (Phi) is 5.48. The van der Waals surface area contributed by atoms with E-state index < -0.39 is 10.0 Å². The maximum absolute atomic E-state index is 13.0. The third-order valence-electron chi connectivity index (χ3n) is 4.81. The minimum Gasteiger partial charge on any atom is -0.346 e. The molecule has 0 unspecified atom stereocenters. The standard InChI is InChI=1S/C23H22N4O3S/c1-15(16-8-4-3-5-9-16)24-23(28)18-12-17(13-19(14-18)27-31(2,29)30)22-25-20-10-6-7-11-21(20)26-22/h3-15,27H,1-2H3,(H,24,28)(H,25,26)/t15-/m0/s1. The van der Waals surface area contributed by atoms with Gasteiger partial charge in [0.2, 0.25) is 10.0 Å². The first-order chi connectivity index (χ1) is 14.8. The number of para-hydroxylation sites is 2. The van der Waals surface area contributed by atoms with Gasteiger partial charge in [0.05, 0.1) is 23.3 Å². The smallest absolute Gasteiger partial charge is 0.251 e. The molecule has 7 nitrogen and oxygen atoms in total. The molecule has 0 saturated carbocycles. The number of aromatic amines is 1. The fourth-order valence-corrected chi connectivity index (χ4v) is 3.91. The van der Waals surface area contributed by atoms with E-state index in [2.05, 4.69) is 20.0 Å². The Morgan fingerprint density at radius 2 is 1.71 bits per heavy atom. The second kappa shape index (κ2) is 8.23. The summed E-state index contributed by atoms with van der Waals surface area (Å²) in [7, 11) is -3.52. The molecule has 158 valence electrons. The van der Waals surface area contributed by atoms with Gasteiger partial charge in [0.15, 0.2) is 0 Å². The molecular formula is C23H22N4O3S. The number of carbonyl (C=O) groups excluding carboxylic acids is 1. The predicted molar refractivity (Wildman–Crippen MR) is 122 cm³/mol. The van der Waals surface area contributed by atoms with Gasteiger partial charge in [-0.3, -0.25) is 9.52 Å². The first kappa shape index (κ1) is 20.6. The molecule has 1 heterocycles. The number of benzene rings is 3. The number of hydrogen-bond acceptors (Lipinski definition) is 4. The van der Waals surface area contributed by atoms with Crippen LogP contribution in [0.5, 0.6) is 0 Å². The van der Waals surface area contributed by atoms with Crippen LogP contribution >= 0.6 is 0 Å². The van der Waals surface area contributed by atoms with Gasteiger partial charge in [0.1, 0.15) is 5.82 Å². The van der Waals surface area contributed by atoms with E-state index in [0.29, 0.717) is 17.0 Å². The van der Waals surface area contributed by atoms with Gasteiger partial charge in [-0.1, -0.05) is 42.5 Å². The fraction of sp³-hybridized carbons (Fsp3) is 0.130. The van der Waals surface area contributed by atoms with Crippen LogP contribution in [0.25, 0.3) is 22.4 Å². The third kappa shape index (κ3) is 4.92. The van der Waals surface area contributed by atoms with Gasteiger partial charge in [-0.05, 0) is 42.8 Å². The van der Waals surface area contributed by atoms with Gasteiger partial charge in [-0.2, -0.15) is 0 Å². The minimum atomic E-state index is -3.52. The highest BCUT2D eigenvalue weighted by atomic mass is 32.2. The molecule has 31 heavy (non-hydrogen) atoms. The van der Waals surface area contributed by atoms with E-state index in [1.807, 2.05) is 61.5 Å². The van der Waals surface area contributed by atoms with Crippen molar-refractivity contribution in [3.63, 3.8) is 0 Å². The van der Waals surface area contributed by atoms with Crippen molar-refractivity contribution in [3.8, 4) is 11.4 Å². The van der Waals surface area contributed by atoms with Crippen molar-refractivity contribution in [3.05, 3.63) is 83.9 Å². The Labute approximate surface area is 180 Å². The van der Waals surface area contributed by atoms with E-state index in [1.54, 1.807) is 12.1 Å². The first-order valence-corrected chi connectivity index (χ1v) is 11.6. The van der Waals surface area contributed by atoms with E-state index in [1.165, 1.54) is 6.07 Å². The Morgan fingerprint density at radius 1 is 1.00 bits per heavy atom. The number of carbonyl (C=O) groups is 1. The van der Waals surface area contributed by atoms with Gasteiger partial charge >= 0.3 is 0 Å². The van der Waals surface area contributed by atoms with Crippen molar-refractivity contribution in [2.45, 2.75) is 13.0 Å². The largest absolute Gasteiger partial charge is 0.346 e. The average molecular weight is 435 g/mol. The molecule has 8 heteroatoms.